The summed E-state index contributed by atoms with van der Waals surface area (Å²) < 4.78 is 11.0. The molecule has 1 fully saturated rings. The SMILES string of the molecule is COc1ccccc1CNC(=O)CNC[C@H](c1ccco1)N1CCCCC1. The molecule has 6 nitrogen and oxygen atoms in total. The molecule has 0 aliphatic carbocycles. The Hall–Kier alpha value is -2.31. The molecule has 27 heavy (non-hydrogen) atoms. The van der Waals surface area contributed by atoms with Crippen LogP contribution in [0.4, 0.5) is 0 Å². The molecule has 1 aliphatic heterocycles. The average molecular weight is 371 g/mol. The van der Waals surface area contributed by atoms with Crippen LogP contribution in [-0.4, -0.2) is 44.1 Å². The summed E-state index contributed by atoms with van der Waals surface area (Å²) in [5, 5.41) is 6.23. The standard InChI is InChI=1S/C21H29N3O3/c1-26-19-9-4-3-8-17(19)14-23-21(25)16-22-15-18(20-10-7-13-27-20)24-11-5-2-6-12-24/h3-4,7-10,13,18,22H,2,5-6,11-12,14-16H2,1H3,(H,23,25)/t18-/m1/s1. The van der Waals surface area contributed by atoms with Crippen LogP contribution in [0.2, 0.25) is 0 Å². The Morgan fingerprint density at radius 3 is 2.74 bits per heavy atom. The van der Waals surface area contributed by atoms with Gasteiger partial charge in [-0.15, -0.1) is 0 Å². The van der Waals surface area contributed by atoms with Crippen molar-refractivity contribution in [2.45, 2.75) is 31.8 Å². The maximum absolute atomic E-state index is 12.2. The van der Waals surface area contributed by atoms with Gasteiger partial charge in [-0.1, -0.05) is 24.6 Å². The Morgan fingerprint density at radius 2 is 2.00 bits per heavy atom. The van der Waals surface area contributed by atoms with Gasteiger partial charge >= 0.3 is 0 Å². The van der Waals surface area contributed by atoms with Gasteiger partial charge in [-0.3, -0.25) is 9.69 Å². The predicted molar refractivity (Wildman–Crippen MR) is 105 cm³/mol. The number of para-hydroxylation sites is 1. The van der Waals surface area contributed by atoms with Crippen molar-refractivity contribution >= 4 is 5.91 Å². The van der Waals surface area contributed by atoms with Gasteiger partial charge < -0.3 is 19.8 Å². The van der Waals surface area contributed by atoms with Crippen molar-refractivity contribution in [3.05, 3.63) is 54.0 Å². The summed E-state index contributed by atoms with van der Waals surface area (Å²) in [6.45, 7) is 3.58. The minimum Gasteiger partial charge on any atom is -0.496 e. The van der Waals surface area contributed by atoms with E-state index in [0.29, 0.717) is 13.1 Å². The van der Waals surface area contributed by atoms with Crippen molar-refractivity contribution in [2.24, 2.45) is 0 Å². The number of piperidine rings is 1. The number of rotatable bonds is 9. The number of amides is 1. The zero-order valence-corrected chi connectivity index (χ0v) is 15.9. The molecule has 6 heteroatoms. The fraction of sp³-hybridized carbons (Fsp3) is 0.476. The van der Waals surface area contributed by atoms with E-state index in [1.165, 1.54) is 19.3 Å². The van der Waals surface area contributed by atoms with Crippen LogP contribution >= 0.6 is 0 Å². The molecule has 0 bridgehead atoms. The second-order valence-corrected chi connectivity index (χ2v) is 6.85. The lowest BCUT2D eigenvalue weighted by atomic mass is 10.1. The molecule has 3 rings (SSSR count). The molecule has 0 spiro atoms. The number of methoxy groups -OCH3 is 1. The molecule has 0 unspecified atom stereocenters. The highest BCUT2D eigenvalue weighted by Crippen LogP contribution is 2.24. The lowest BCUT2D eigenvalue weighted by molar-refractivity contribution is -0.120. The Kier molecular flexibility index (Phi) is 7.30. The van der Waals surface area contributed by atoms with E-state index in [1.54, 1.807) is 13.4 Å². The van der Waals surface area contributed by atoms with Crippen molar-refractivity contribution in [3.63, 3.8) is 0 Å². The van der Waals surface area contributed by atoms with Crippen LogP contribution in [0.25, 0.3) is 0 Å². The second kappa shape index (κ2) is 10.1. The van der Waals surface area contributed by atoms with Crippen LogP contribution in [0.1, 0.15) is 36.6 Å². The van der Waals surface area contributed by atoms with Gasteiger partial charge in [0.25, 0.3) is 0 Å². The Balaban J connectivity index is 1.47. The fourth-order valence-electron chi connectivity index (χ4n) is 3.55. The molecule has 146 valence electrons. The number of carbonyl (C=O) groups is 1. The lowest BCUT2D eigenvalue weighted by Gasteiger charge is -2.33. The van der Waals surface area contributed by atoms with Crippen LogP contribution in [0.3, 0.4) is 0 Å². The summed E-state index contributed by atoms with van der Waals surface area (Å²) in [7, 11) is 1.64. The minimum atomic E-state index is -0.0299. The van der Waals surface area contributed by atoms with Crippen LogP contribution in [0.5, 0.6) is 5.75 Å². The Bertz CT molecular complexity index is 696. The fourth-order valence-corrected chi connectivity index (χ4v) is 3.55. The van der Waals surface area contributed by atoms with Crippen molar-refractivity contribution in [3.8, 4) is 5.75 Å². The highest BCUT2D eigenvalue weighted by Gasteiger charge is 2.24. The van der Waals surface area contributed by atoms with E-state index in [4.69, 9.17) is 9.15 Å². The number of hydrogen-bond acceptors (Lipinski definition) is 5. The maximum atomic E-state index is 12.2. The van der Waals surface area contributed by atoms with E-state index in [1.807, 2.05) is 36.4 Å². The molecule has 2 heterocycles. The number of nitrogens with zero attached hydrogens (tertiary/aromatic N) is 1. The van der Waals surface area contributed by atoms with E-state index in [0.717, 1.165) is 30.2 Å². The summed E-state index contributed by atoms with van der Waals surface area (Å²) in [5.74, 6) is 1.71. The van der Waals surface area contributed by atoms with Gasteiger partial charge in [-0.2, -0.15) is 0 Å². The van der Waals surface area contributed by atoms with E-state index < -0.39 is 0 Å². The van der Waals surface area contributed by atoms with Gasteiger partial charge in [-0.25, -0.2) is 0 Å². The van der Waals surface area contributed by atoms with Gasteiger partial charge in [-0.05, 0) is 44.1 Å². The number of nitrogens with one attached hydrogen (secondary N) is 2. The van der Waals surface area contributed by atoms with Crippen molar-refractivity contribution in [2.75, 3.05) is 33.3 Å². The highest BCUT2D eigenvalue weighted by molar-refractivity contribution is 5.78. The average Bonchev–Trinajstić information content (AvgIpc) is 3.25. The minimum absolute atomic E-state index is 0.0299. The monoisotopic (exact) mass is 371 g/mol. The smallest absolute Gasteiger partial charge is 0.234 e. The van der Waals surface area contributed by atoms with Crippen LogP contribution in [0.15, 0.2) is 47.1 Å². The van der Waals surface area contributed by atoms with Gasteiger partial charge in [0.2, 0.25) is 5.91 Å². The molecule has 1 amide bonds. The third kappa shape index (κ3) is 5.58. The van der Waals surface area contributed by atoms with Gasteiger partial charge in [0.15, 0.2) is 0 Å². The summed E-state index contributed by atoms with van der Waals surface area (Å²) in [4.78, 5) is 14.7. The molecule has 1 aliphatic rings. The molecular formula is C21H29N3O3. The van der Waals surface area contributed by atoms with Crippen molar-refractivity contribution in [1.29, 1.82) is 0 Å². The van der Waals surface area contributed by atoms with E-state index >= 15 is 0 Å². The van der Waals surface area contributed by atoms with E-state index in [9.17, 15) is 4.79 Å². The Labute approximate surface area is 160 Å². The molecule has 2 aromatic rings. The zero-order chi connectivity index (χ0) is 18.9. The van der Waals surface area contributed by atoms with Crippen LogP contribution < -0.4 is 15.4 Å². The van der Waals surface area contributed by atoms with Gasteiger partial charge in [0.1, 0.15) is 11.5 Å². The lowest BCUT2D eigenvalue weighted by Crippen LogP contribution is -2.41. The predicted octanol–water partition coefficient (Wildman–Crippen LogP) is 2.72. The molecule has 1 aromatic carbocycles. The molecular weight excluding hydrogens is 342 g/mol. The highest BCUT2D eigenvalue weighted by atomic mass is 16.5. The Morgan fingerprint density at radius 1 is 1.19 bits per heavy atom. The third-order valence-electron chi connectivity index (χ3n) is 4.99. The molecule has 1 atom stereocenters. The summed E-state index contributed by atoms with van der Waals surface area (Å²) >= 11 is 0. The first-order valence-electron chi connectivity index (χ1n) is 9.64. The summed E-state index contributed by atoms with van der Waals surface area (Å²) in [6, 6.07) is 11.8. The van der Waals surface area contributed by atoms with Gasteiger partial charge in [0, 0.05) is 18.7 Å². The summed E-state index contributed by atoms with van der Waals surface area (Å²) in [5.41, 5.74) is 0.968. The molecule has 1 aromatic heterocycles. The first kappa shape index (κ1) is 19.5. The number of likely N-dealkylation sites (tertiary alicyclic amines) is 1. The third-order valence-corrected chi connectivity index (χ3v) is 4.99. The first-order valence-corrected chi connectivity index (χ1v) is 9.64. The normalized spacial score (nSPS) is 16.0. The van der Waals surface area contributed by atoms with E-state index in [2.05, 4.69) is 15.5 Å². The number of benzene rings is 1. The van der Waals surface area contributed by atoms with Gasteiger partial charge in [0.05, 0.1) is 26.0 Å². The maximum Gasteiger partial charge on any atom is 0.234 e. The molecule has 2 N–H and O–H groups in total. The van der Waals surface area contributed by atoms with Crippen molar-refractivity contribution in [1.82, 2.24) is 15.5 Å². The van der Waals surface area contributed by atoms with Crippen molar-refractivity contribution < 1.29 is 13.9 Å². The largest absolute Gasteiger partial charge is 0.496 e. The quantitative estimate of drug-likeness (QED) is 0.709. The molecule has 0 radical (unpaired) electrons. The topological polar surface area (TPSA) is 66.7 Å². The van der Waals surface area contributed by atoms with Crippen LogP contribution in [0, 0.1) is 0 Å². The zero-order valence-electron chi connectivity index (χ0n) is 15.9. The van der Waals surface area contributed by atoms with E-state index in [-0.39, 0.29) is 18.5 Å². The first-order chi connectivity index (χ1) is 13.3. The molecule has 1 saturated heterocycles. The number of hydrogen-bond donors (Lipinski definition) is 2. The number of carbonyl (C=O) groups excluding carboxylic acids is 1. The van der Waals surface area contributed by atoms with Crippen LogP contribution in [-0.2, 0) is 11.3 Å². The molecule has 0 saturated carbocycles. The summed E-state index contributed by atoms with van der Waals surface area (Å²) in [6.07, 6.45) is 5.44. The number of ether oxygens (including phenoxy) is 1. The second-order valence-electron chi connectivity index (χ2n) is 6.85. The number of furan rings is 1.